The predicted molar refractivity (Wildman–Crippen MR) is 163 cm³/mol. The highest BCUT2D eigenvalue weighted by Crippen LogP contribution is 2.53. The summed E-state index contributed by atoms with van der Waals surface area (Å²) >= 11 is 1.93. The van der Waals surface area contributed by atoms with Gasteiger partial charge in [0.2, 0.25) is 0 Å². The maximum absolute atomic E-state index is 13.9. The third-order valence-electron chi connectivity index (χ3n) is 9.74. The number of aryl methyl sites for hydroxylation is 2. The Labute approximate surface area is 243 Å². The largest absolute Gasteiger partial charge is 0.346 e. The average molecular weight is 573 g/mol. The van der Waals surface area contributed by atoms with Crippen LogP contribution in [-0.2, 0) is 6.54 Å². The van der Waals surface area contributed by atoms with Gasteiger partial charge >= 0.3 is 0 Å². The maximum atomic E-state index is 13.9. The van der Waals surface area contributed by atoms with Crippen LogP contribution >= 0.6 is 11.3 Å². The topological polar surface area (TPSA) is 71.2 Å². The van der Waals surface area contributed by atoms with Crippen molar-refractivity contribution < 1.29 is 4.39 Å². The molecule has 7 nitrogen and oxygen atoms in total. The molecule has 9 heteroatoms. The SMILES string of the molecule is Cc1c(-c2[nH]c3sc([C@@H]4CC5C[C@H]4CN5Cc4cccn(C(C)F)c4=O)c(C)c3c2C(C)C)cn2ncnc2c1C. The molecule has 4 atom stereocenters. The van der Waals surface area contributed by atoms with Crippen molar-refractivity contribution in [3.05, 3.63) is 73.9 Å². The Hall–Kier alpha value is -3.30. The first-order valence-corrected chi connectivity index (χ1v) is 15.5. The molecule has 2 aliphatic rings. The van der Waals surface area contributed by atoms with Gasteiger partial charge in [-0.25, -0.2) is 13.9 Å². The molecule has 2 bridgehead atoms. The number of aromatic nitrogens is 5. The normalized spacial score (nSPS) is 21.7. The monoisotopic (exact) mass is 572 g/mol. The van der Waals surface area contributed by atoms with Gasteiger partial charge in [-0.15, -0.1) is 11.3 Å². The van der Waals surface area contributed by atoms with Crippen LogP contribution in [0.15, 0.2) is 35.6 Å². The fourth-order valence-electron chi connectivity index (χ4n) is 7.58. The number of nitrogens with zero attached hydrogens (tertiary/aromatic N) is 5. The van der Waals surface area contributed by atoms with E-state index in [2.05, 4.69) is 60.8 Å². The van der Waals surface area contributed by atoms with E-state index in [1.54, 1.807) is 12.4 Å². The zero-order chi connectivity index (χ0) is 28.7. The number of piperidine rings is 1. The van der Waals surface area contributed by atoms with E-state index in [1.807, 2.05) is 21.9 Å². The first kappa shape index (κ1) is 26.6. The minimum absolute atomic E-state index is 0.212. The number of rotatable bonds is 6. The molecule has 6 heterocycles. The summed E-state index contributed by atoms with van der Waals surface area (Å²) in [4.78, 5) is 26.3. The number of likely N-dealkylation sites (tertiary alicyclic amines) is 1. The van der Waals surface area contributed by atoms with Crippen molar-refractivity contribution in [2.45, 2.75) is 85.1 Å². The Morgan fingerprint density at radius 2 is 1.95 bits per heavy atom. The van der Waals surface area contributed by atoms with Gasteiger partial charge in [-0.3, -0.25) is 14.3 Å². The first-order valence-electron chi connectivity index (χ1n) is 14.7. The molecule has 7 rings (SSSR count). The van der Waals surface area contributed by atoms with Gasteiger partial charge in [0.15, 0.2) is 11.9 Å². The molecule has 214 valence electrons. The predicted octanol–water partition coefficient (Wildman–Crippen LogP) is 7.02. The molecular weight excluding hydrogens is 535 g/mol. The van der Waals surface area contributed by atoms with Crippen molar-refractivity contribution in [3.8, 4) is 11.3 Å². The Morgan fingerprint density at radius 1 is 1.15 bits per heavy atom. The van der Waals surface area contributed by atoms with Crippen molar-refractivity contribution in [3.63, 3.8) is 0 Å². The number of fused-ring (bicyclic) bond motifs is 4. The van der Waals surface area contributed by atoms with Crippen LogP contribution in [-0.4, -0.2) is 41.6 Å². The number of aromatic amines is 1. The molecule has 1 aliphatic carbocycles. The number of halogens is 1. The van der Waals surface area contributed by atoms with Crippen LogP contribution in [0.5, 0.6) is 0 Å². The third kappa shape index (κ3) is 4.03. The number of alkyl halides is 1. The molecular formula is C32H37FN6OS. The third-order valence-corrected chi connectivity index (χ3v) is 11.1. The number of H-pyrrole nitrogens is 1. The fraction of sp³-hybridized carbons (Fsp3) is 0.469. The van der Waals surface area contributed by atoms with E-state index in [9.17, 15) is 9.18 Å². The lowest BCUT2D eigenvalue weighted by Gasteiger charge is -2.31. The zero-order valence-corrected chi connectivity index (χ0v) is 25.3. The van der Waals surface area contributed by atoms with Crippen LogP contribution in [0.3, 0.4) is 0 Å². The molecule has 1 N–H and O–H groups in total. The maximum Gasteiger partial charge on any atom is 0.257 e. The Bertz CT molecular complexity index is 1860. The molecule has 2 unspecified atom stereocenters. The van der Waals surface area contributed by atoms with Crippen LogP contribution in [0.1, 0.15) is 84.4 Å². The summed E-state index contributed by atoms with van der Waals surface area (Å²) in [6.07, 6.45) is 6.23. The van der Waals surface area contributed by atoms with Gasteiger partial charge in [-0.2, -0.15) is 5.10 Å². The number of thiophene rings is 1. The van der Waals surface area contributed by atoms with E-state index in [0.29, 0.717) is 35.9 Å². The average Bonchev–Trinajstić information content (AvgIpc) is 3.74. The summed E-state index contributed by atoms with van der Waals surface area (Å²) in [5, 5.41) is 5.82. The van der Waals surface area contributed by atoms with Crippen molar-refractivity contribution in [2.24, 2.45) is 5.92 Å². The summed E-state index contributed by atoms with van der Waals surface area (Å²) in [6, 6.07) is 4.10. The Morgan fingerprint density at radius 3 is 2.66 bits per heavy atom. The standard InChI is InChI=1S/C32H37FN6OS/c1-16(2)26-27-19(5)29(41-31(27)36-28(26)25-14-39-30(34-15-35-39)18(4)17(25)3)24-11-23-10-22(24)13-37(23)12-21-8-7-9-38(20(6)33)32(21)40/h7-9,14-16,20,22-24,36H,10-13H2,1-6H3/t20?,22-,23?,24+/m0/s1. The van der Waals surface area contributed by atoms with Crippen molar-refractivity contribution in [1.29, 1.82) is 0 Å². The van der Waals surface area contributed by atoms with Crippen molar-refractivity contribution in [1.82, 2.24) is 29.0 Å². The van der Waals surface area contributed by atoms with Gasteiger partial charge in [-0.05, 0) is 86.6 Å². The van der Waals surface area contributed by atoms with E-state index < -0.39 is 6.30 Å². The summed E-state index contributed by atoms with van der Waals surface area (Å²) in [6.45, 7) is 14.2. The second-order valence-electron chi connectivity index (χ2n) is 12.4. The zero-order valence-electron chi connectivity index (χ0n) is 24.5. The minimum atomic E-state index is -1.32. The van der Waals surface area contributed by atoms with Crippen LogP contribution in [0.4, 0.5) is 4.39 Å². The van der Waals surface area contributed by atoms with Crippen molar-refractivity contribution in [2.75, 3.05) is 6.54 Å². The molecule has 1 saturated heterocycles. The lowest BCUT2D eigenvalue weighted by atomic mass is 9.88. The summed E-state index contributed by atoms with van der Waals surface area (Å²) < 4.78 is 17.0. The number of hydrogen-bond acceptors (Lipinski definition) is 5. The van der Waals surface area contributed by atoms with Crippen LogP contribution in [0, 0.1) is 26.7 Å². The van der Waals surface area contributed by atoms with Gasteiger partial charge in [0, 0.05) is 52.9 Å². The van der Waals surface area contributed by atoms with Gasteiger partial charge in [0.1, 0.15) is 11.2 Å². The van der Waals surface area contributed by atoms with Crippen LogP contribution in [0.2, 0.25) is 0 Å². The van der Waals surface area contributed by atoms with E-state index >= 15 is 0 Å². The van der Waals surface area contributed by atoms with Crippen molar-refractivity contribution >= 4 is 27.2 Å². The van der Waals surface area contributed by atoms with Gasteiger partial charge < -0.3 is 4.98 Å². The molecule has 5 aromatic heterocycles. The van der Waals surface area contributed by atoms with Gasteiger partial charge in [0.05, 0.1) is 5.69 Å². The van der Waals surface area contributed by atoms with E-state index in [0.717, 1.165) is 30.6 Å². The van der Waals surface area contributed by atoms with Crippen LogP contribution < -0.4 is 5.56 Å². The fourth-order valence-corrected chi connectivity index (χ4v) is 9.02. The van der Waals surface area contributed by atoms with E-state index in [-0.39, 0.29) is 5.56 Å². The highest BCUT2D eigenvalue weighted by molar-refractivity contribution is 7.19. The van der Waals surface area contributed by atoms with Gasteiger partial charge in [-0.1, -0.05) is 19.9 Å². The molecule has 5 aromatic rings. The lowest BCUT2D eigenvalue weighted by molar-refractivity contribution is 0.190. The molecule has 41 heavy (non-hydrogen) atoms. The second kappa shape index (κ2) is 9.63. The molecule has 1 aliphatic heterocycles. The highest BCUT2D eigenvalue weighted by atomic mass is 32.1. The summed E-state index contributed by atoms with van der Waals surface area (Å²) in [5.74, 6) is 1.48. The smallest absolute Gasteiger partial charge is 0.257 e. The molecule has 0 aromatic carbocycles. The molecule has 2 fully saturated rings. The van der Waals surface area contributed by atoms with Gasteiger partial charge in [0.25, 0.3) is 5.56 Å². The molecule has 0 radical (unpaired) electrons. The number of pyridine rings is 2. The van der Waals surface area contributed by atoms with E-state index in [4.69, 9.17) is 0 Å². The second-order valence-corrected chi connectivity index (χ2v) is 13.5. The molecule has 1 saturated carbocycles. The quantitative estimate of drug-likeness (QED) is 0.238. The van der Waals surface area contributed by atoms with Crippen LogP contribution in [0.25, 0.3) is 27.1 Å². The number of hydrogen-bond donors (Lipinski definition) is 1. The summed E-state index contributed by atoms with van der Waals surface area (Å²) in [5.41, 5.74) is 8.96. The first-order chi connectivity index (χ1) is 19.6. The Balaban J connectivity index is 1.20. The van der Waals surface area contributed by atoms with E-state index in [1.165, 1.54) is 60.7 Å². The molecule has 0 spiro atoms. The molecule has 0 amide bonds. The Kier molecular flexibility index (Phi) is 6.24. The summed E-state index contributed by atoms with van der Waals surface area (Å²) in [7, 11) is 0. The minimum Gasteiger partial charge on any atom is -0.346 e. The number of nitrogens with one attached hydrogen (secondary N) is 1. The lowest BCUT2D eigenvalue weighted by Crippen LogP contribution is -2.36. The highest BCUT2D eigenvalue weighted by Gasteiger charge is 2.46.